The van der Waals surface area contributed by atoms with E-state index in [1.807, 2.05) is 0 Å². The van der Waals surface area contributed by atoms with E-state index in [9.17, 15) is 14.4 Å². The van der Waals surface area contributed by atoms with Crippen LogP contribution in [0.15, 0.2) is 0 Å². The minimum absolute atomic E-state index is 0. The summed E-state index contributed by atoms with van der Waals surface area (Å²) in [5.41, 5.74) is 0. The van der Waals surface area contributed by atoms with Crippen LogP contribution in [0.25, 0.3) is 0 Å². The van der Waals surface area contributed by atoms with E-state index < -0.39 is 13.9 Å². The van der Waals surface area contributed by atoms with Crippen molar-refractivity contribution in [3.05, 3.63) is 0 Å². The second kappa shape index (κ2) is 28.3. The van der Waals surface area contributed by atoms with Gasteiger partial charge in [-0.3, -0.25) is 0 Å². The van der Waals surface area contributed by atoms with Gasteiger partial charge in [0.1, 0.15) is 6.10 Å². The van der Waals surface area contributed by atoms with E-state index in [0.717, 1.165) is 12.8 Å². The Hall–Kier alpha value is 2.03. The summed E-state index contributed by atoms with van der Waals surface area (Å²) in [6.45, 7) is 2.82. The van der Waals surface area contributed by atoms with Gasteiger partial charge in [0.25, 0.3) is 0 Å². The monoisotopic (exact) mass is 482 g/mol. The number of phosphoric acid groups is 1. The minimum Gasteiger partial charge on any atom is -0.790 e. The molecule has 0 N–H and O–H groups in total. The van der Waals surface area contributed by atoms with Gasteiger partial charge in [0.05, 0.1) is 21.0 Å². The molecule has 1 atom stereocenters. The van der Waals surface area contributed by atoms with Gasteiger partial charge in [0.15, 0.2) is 0 Å². The van der Waals surface area contributed by atoms with Crippen LogP contribution < -0.4 is 68.9 Å². The molecule has 1 unspecified atom stereocenters. The van der Waals surface area contributed by atoms with Gasteiger partial charge in [0.2, 0.25) is 0 Å². The van der Waals surface area contributed by atoms with Gasteiger partial charge >= 0.3 is 59.1 Å². The molecule has 6 nitrogen and oxygen atoms in total. The maximum Gasteiger partial charge on any atom is 1.00 e. The molecule has 0 fully saturated rings. The summed E-state index contributed by atoms with van der Waals surface area (Å²) < 4.78 is 25.2. The molecule has 0 bridgehead atoms. The molecule has 0 saturated carbocycles. The number of hydrogen-bond donors (Lipinski definition) is 0. The standard InChI is InChI=1S/C22H47O6P.2Na/c1-3-4-5-6-7-8-9-10-11-12-13-14-15-16-17-18-19-27-20-22(26-2)21-28-29(23,24)25;;/h22H,3-21H2,1-2H3,(H2,23,24,25);;/q;2*+1/p-2. The van der Waals surface area contributed by atoms with Crippen molar-refractivity contribution in [1.29, 1.82) is 0 Å². The molecule has 0 radical (unpaired) electrons. The molecule has 0 rings (SSSR count). The fourth-order valence-electron chi connectivity index (χ4n) is 3.33. The summed E-state index contributed by atoms with van der Waals surface area (Å²) in [5, 5.41) is 0. The van der Waals surface area contributed by atoms with Crippen molar-refractivity contribution in [1.82, 2.24) is 0 Å². The largest absolute Gasteiger partial charge is 1.00 e. The molecule has 0 aliphatic rings. The Balaban J connectivity index is -0.00000392. The van der Waals surface area contributed by atoms with Crippen LogP contribution in [-0.2, 0) is 18.6 Å². The average Bonchev–Trinajstić information content (AvgIpc) is 2.68. The van der Waals surface area contributed by atoms with Crippen molar-refractivity contribution in [2.75, 3.05) is 26.9 Å². The van der Waals surface area contributed by atoms with Gasteiger partial charge in [-0.05, 0) is 6.42 Å². The number of hydrogen-bond acceptors (Lipinski definition) is 6. The summed E-state index contributed by atoms with van der Waals surface area (Å²) in [5.74, 6) is 0. The number of rotatable bonds is 23. The average molecular weight is 483 g/mol. The van der Waals surface area contributed by atoms with Crippen LogP contribution >= 0.6 is 7.82 Å². The molecule has 0 heterocycles. The summed E-state index contributed by atoms with van der Waals surface area (Å²) in [4.78, 5) is 20.9. The summed E-state index contributed by atoms with van der Waals surface area (Å²) in [6.07, 6.45) is 20.8. The molecule has 176 valence electrons. The van der Waals surface area contributed by atoms with Crippen molar-refractivity contribution in [2.24, 2.45) is 0 Å². The van der Waals surface area contributed by atoms with E-state index in [-0.39, 0.29) is 72.3 Å². The van der Waals surface area contributed by atoms with Crippen LogP contribution in [0.1, 0.15) is 110 Å². The molecule has 0 spiro atoms. The molecular formula is C22H45Na2O6P. The quantitative estimate of drug-likeness (QED) is 0.107. The molecule has 31 heavy (non-hydrogen) atoms. The molecule has 0 aliphatic carbocycles. The molecule has 0 aromatic heterocycles. The summed E-state index contributed by atoms with van der Waals surface area (Å²) >= 11 is 0. The van der Waals surface area contributed by atoms with Crippen molar-refractivity contribution in [3.8, 4) is 0 Å². The van der Waals surface area contributed by atoms with Gasteiger partial charge in [0, 0.05) is 13.7 Å². The molecular weight excluding hydrogens is 437 g/mol. The fraction of sp³-hybridized carbons (Fsp3) is 1.00. The summed E-state index contributed by atoms with van der Waals surface area (Å²) in [7, 11) is -3.51. The zero-order valence-corrected chi connectivity index (χ0v) is 25.8. The molecule has 0 saturated heterocycles. The smallest absolute Gasteiger partial charge is 0.790 e. The van der Waals surface area contributed by atoms with Crippen molar-refractivity contribution >= 4 is 7.82 Å². The molecule has 0 aliphatic heterocycles. The summed E-state index contributed by atoms with van der Waals surface area (Å²) in [6, 6.07) is 0. The maximum atomic E-state index is 10.4. The molecule has 0 amide bonds. The third kappa shape index (κ3) is 32.0. The van der Waals surface area contributed by atoms with Crippen LogP contribution in [0.5, 0.6) is 0 Å². The maximum absolute atomic E-state index is 10.4. The Morgan fingerprint density at radius 1 is 0.677 bits per heavy atom. The van der Waals surface area contributed by atoms with Gasteiger partial charge < -0.3 is 28.3 Å². The zero-order chi connectivity index (χ0) is 21.6. The first-order valence-corrected chi connectivity index (χ1v) is 13.2. The number of phosphoric ester groups is 1. The van der Waals surface area contributed by atoms with Crippen molar-refractivity contribution < 1.29 is 87.5 Å². The van der Waals surface area contributed by atoms with E-state index in [1.165, 1.54) is 97.0 Å². The SMILES string of the molecule is CCCCCCCCCCCCCCCCCCOCC(COP(=O)([O-])[O-])OC.[Na+].[Na+]. The zero-order valence-electron chi connectivity index (χ0n) is 20.9. The first-order valence-electron chi connectivity index (χ1n) is 11.8. The molecule has 9 heteroatoms. The first kappa shape index (κ1) is 37.6. The van der Waals surface area contributed by atoms with Crippen LogP contribution in [0.3, 0.4) is 0 Å². The van der Waals surface area contributed by atoms with Crippen LogP contribution in [0.4, 0.5) is 0 Å². The third-order valence-electron chi connectivity index (χ3n) is 5.20. The Labute approximate surface area is 236 Å². The Kier molecular flexibility index (Phi) is 34.3. The van der Waals surface area contributed by atoms with E-state index in [2.05, 4.69) is 11.4 Å². The second-order valence-corrected chi connectivity index (χ2v) is 9.13. The van der Waals surface area contributed by atoms with E-state index in [4.69, 9.17) is 9.47 Å². The molecule has 0 aromatic rings. The van der Waals surface area contributed by atoms with E-state index in [0.29, 0.717) is 6.61 Å². The number of unbranched alkanes of at least 4 members (excludes halogenated alkanes) is 15. The fourth-order valence-corrected chi connectivity index (χ4v) is 3.67. The van der Waals surface area contributed by atoms with Gasteiger partial charge in [-0.2, -0.15) is 0 Å². The third-order valence-corrected chi connectivity index (χ3v) is 5.66. The van der Waals surface area contributed by atoms with Gasteiger partial charge in [-0.15, -0.1) is 0 Å². The second-order valence-electron chi connectivity index (χ2n) is 7.98. The van der Waals surface area contributed by atoms with Crippen molar-refractivity contribution in [3.63, 3.8) is 0 Å². The van der Waals surface area contributed by atoms with Crippen molar-refractivity contribution in [2.45, 2.75) is 116 Å². The predicted octanol–water partition coefficient (Wildman–Crippen LogP) is -0.867. The normalized spacial score (nSPS) is 12.3. The molecule has 0 aromatic carbocycles. The Morgan fingerprint density at radius 2 is 1.06 bits per heavy atom. The first-order chi connectivity index (χ1) is 14.0. The minimum atomic E-state index is -4.95. The van der Waals surface area contributed by atoms with E-state index in [1.54, 1.807) is 0 Å². The van der Waals surface area contributed by atoms with Crippen LogP contribution in [-0.4, -0.2) is 33.0 Å². The Bertz CT molecular complexity index is 385. The van der Waals surface area contributed by atoms with Gasteiger partial charge in [-0.25, -0.2) is 0 Å². The predicted molar refractivity (Wildman–Crippen MR) is 115 cm³/mol. The van der Waals surface area contributed by atoms with Gasteiger partial charge in [-0.1, -0.05) is 103 Å². The van der Waals surface area contributed by atoms with Crippen LogP contribution in [0, 0.1) is 0 Å². The number of ether oxygens (including phenoxy) is 2. The van der Waals surface area contributed by atoms with Crippen LogP contribution in [0.2, 0.25) is 0 Å². The Morgan fingerprint density at radius 3 is 1.42 bits per heavy atom. The number of methoxy groups -OCH3 is 1. The van der Waals surface area contributed by atoms with E-state index >= 15 is 0 Å². The topological polar surface area (TPSA) is 90.9 Å².